The van der Waals surface area contributed by atoms with Crippen LogP contribution in [0.4, 0.5) is 8.78 Å². The van der Waals surface area contributed by atoms with Gasteiger partial charge >= 0.3 is 0 Å². The van der Waals surface area contributed by atoms with Gasteiger partial charge < -0.3 is 5.32 Å². The van der Waals surface area contributed by atoms with Crippen LogP contribution in [-0.2, 0) is 6.54 Å². The topological polar surface area (TPSA) is 15.3 Å². The molecule has 1 N–H and O–H groups in total. The van der Waals surface area contributed by atoms with E-state index in [1.807, 2.05) is 0 Å². The number of rotatable bonds is 4. The number of nitrogens with zero attached hydrogens (tertiary/aromatic N) is 1. The van der Waals surface area contributed by atoms with Gasteiger partial charge in [0, 0.05) is 43.9 Å². The van der Waals surface area contributed by atoms with E-state index in [0.29, 0.717) is 24.1 Å². The molecule has 0 amide bonds. The summed E-state index contributed by atoms with van der Waals surface area (Å²) < 4.78 is 26.5. The lowest BCUT2D eigenvalue weighted by molar-refractivity contribution is 0.161. The van der Waals surface area contributed by atoms with E-state index >= 15 is 0 Å². The zero-order chi connectivity index (χ0) is 13.8. The number of piperazine rings is 1. The molecule has 0 bridgehead atoms. The molecule has 2 nitrogen and oxygen atoms in total. The van der Waals surface area contributed by atoms with Crippen molar-refractivity contribution in [1.82, 2.24) is 10.2 Å². The number of halogens is 2. The molecule has 106 valence electrons. The third kappa shape index (κ3) is 3.74. The molecule has 0 saturated carbocycles. The number of hydrogen-bond acceptors (Lipinski definition) is 2. The summed E-state index contributed by atoms with van der Waals surface area (Å²) in [6.07, 6.45) is 1.14. The maximum absolute atomic E-state index is 13.6. The SMILES string of the molecule is CCC(C)C1CN(Cc2ccc(F)cc2F)CCN1. The van der Waals surface area contributed by atoms with E-state index in [2.05, 4.69) is 24.1 Å². The van der Waals surface area contributed by atoms with E-state index in [1.165, 1.54) is 6.07 Å². The van der Waals surface area contributed by atoms with Crippen LogP contribution in [0.3, 0.4) is 0 Å². The third-order valence-electron chi connectivity index (χ3n) is 4.03. The van der Waals surface area contributed by atoms with E-state index in [4.69, 9.17) is 0 Å². The van der Waals surface area contributed by atoms with Crippen LogP contribution < -0.4 is 5.32 Å². The van der Waals surface area contributed by atoms with Gasteiger partial charge in [-0.15, -0.1) is 0 Å². The number of nitrogens with one attached hydrogen (secondary N) is 1. The fraction of sp³-hybridized carbons (Fsp3) is 0.600. The molecular formula is C15H22F2N2. The van der Waals surface area contributed by atoms with E-state index in [-0.39, 0.29) is 0 Å². The Morgan fingerprint density at radius 2 is 2.21 bits per heavy atom. The van der Waals surface area contributed by atoms with Crippen molar-refractivity contribution in [3.05, 3.63) is 35.4 Å². The van der Waals surface area contributed by atoms with Crippen molar-refractivity contribution >= 4 is 0 Å². The molecule has 1 aromatic rings. The molecular weight excluding hydrogens is 246 g/mol. The average Bonchev–Trinajstić information content (AvgIpc) is 2.41. The monoisotopic (exact) mass is 268 g/mol. The molecule has 0 radical (unpaired) electrons. The van der Waals surface area contributed by atoms with Crippen molar-refractivity contribution < 1.29 is 8.78 Å². The Balaban J connectivity index is 1.98. The molecule has 1 fully saturated rings. The van der Waals surface area contributed by atoms with Crippen molar-refractivity contribution in [2.45, 2.75) is 32.9 Å². The molecule has 0 aliphatic carbocycles. The van der Waals surface area contributed by atoms with Crippen molar-refractivity contribution in [3.8, 4) is 0 Å². The van der Waals surface area contributed by atoms with Gasteiger partial charge in [-0.2, -0.15) is 0 Å². The molecule has 2 atom stereocenters. The first kappa shape index (κ1) is 14.4. The largest absolute Gasteiger partial charge is 0.311 e. The smallest absolute Gasteiger partial charge is 0.130 e. The Hall–Kier alpha value is -1.00. The van der Waals surface area contributed by atoms with E-state index < -0.39 is 11.6 Å². The highest BCUT2D eigenvalue weighted by Crippen LogP contribution is 2.16. The lowest BCUT2D eigenvalue weighted by Crippen LogP contribution is -2.52. The highest BCUT2D eigenvalue weighted by Gasteiger charge is 2.23. The molecule has 4 heteroatoms. The van der Waals surface area contributed by atoms with Gasteiger partial charge in [0.1, 0.15) is 11.6 Å². The summed E-state index contributed by atoms with van der Waals surface area (Å²) in [6.45, 7) is 7.73. The Kier molecular flexibility index (Phi) is 4.88. The second-order valence-electron chi connectivity index (χ2n) is 5.42. The van der Waals surface area contributed by atoms with Crippen LogP contribution in [0.1, 0.15) is 25.8 Å². The zero-order valence-electron chi connectivity index (χ0n) is 11.6. The normalized spacial score (nSPS) is 22.4. The van der Waals surface area contributed by atoms with Crippen LogP contribution in [-0.4, -0.2) is 30.6 Å². The molecule has 1 aliphatic heterocycles. The Bertz CT molecular complexity index is 423. The zero-order valence-corrected chi connectivity index (χ0v) is 11.6. The van der Waals surface area contributed by atoms with Gasteiger partial charge in [0.15, 0.2) is 0 Å². The molecule has 19 heavy (non-hydrogen) atoms. The summed E-state index contributed by atoms with van der Waals surface area (Å²) in [5.41, 5.74) is 0.575. The fourth-order valence-corrected chi connectivity index (χ4v) is 2.54. The van der Waals surface area contributed by atoms with E-state index in [1.54, 1.807) is 6.07 Å². The quantitative estimate of drug-likeness (QED) is 0.903. The summed E-state index contributed by atoms with van der Waals surface area (Å²) in [6, 6.07) is 4.30. The maximum Gasteiger partial charge on any atom is 0.130 e. The van der Waals surface area contributed by atoms with Crippen LogP contribution in [0, 0.1) is 17.6 Å². The molecule has 1 aliphatic rings. The van der Waals surface area contributed by atoms with Crippen molar-refractivity contribution in [1.29, 1.82) is 0 Å². The van der Waals surface area contributed by atoms with Crippen molar-refractivity contribution in [3.63, 3.8) is 0 Å². The molecule has 0 spiro atoms. The van der Waals surface area contributed by atoms with Crippen LogP contribution in [0.25, 0.3) is 0 Å². The summed E-state index contributed by atoms with van der Waals surface area (Å²) in [5.74, 6) is -0.349. The summed E-state index contributed by atoms with van der Waals surface area (Å²) in [5, 5.41) is 3.51. The Labute approximate surface area is 113 Å². The molecule has 0 aromatic heterocycles. The lowest BCUT2D eigenvalue weighted by atomic mass is 9.97. The summed E-state index contributed by atoms with van der Waals surface area (Å²) in [4.78, 5) is 2.24. The second kappa shape index (κ2) is 6.44. The third-order valence-corrected chi connectivity index (χ3v) is 4.03. The first-order chi connectivity index (χ1) is 9.10. The molecule has 1 saturated heterocycles. The predicted octanol–water partition coefficient (Wildman–Crippen LogP) is 2.78. The van der Waals surface area contributed by atoms with E-state index in [9.17, 15) is 8.78 Å². The highest BCUT2D eigenvalue weighted by atomic mass is 19.1. The highest BCUT2D eigenvalue weighted by molar-refractivity contribution is 5.18. The Morgan fingerprint density at radius 3 is 2.89 bits per heavy atom. The maximum atomic E-state index is 13.6. The van der Waals surface area contributed by atoms with Gasteiger partial charge in [-0.25, -0.2) is 8.78 Å². The molecule has 2 rings (SSSR count). The number of benzene rings is 1. The number of hydrogen-bond donors (Lipinski definition) is 1. The van der Waals surface area contributed by atoms with Crippen molar-refractivity contribution in [2.24, 2.45) is 5.92 Å². The average molecular weight is 268 g/mol. The standard InChI is InChI=1S/C15H22F2N2/c1-3-11(2)15-10-19(7-6-18-15)9-12-4-5-13(16)8-14(12)17/h4-5,8,11,15,18H,3,6-7,9-10H2,1-2H3. The predicted molar refractivity (Wildman–Crippen MR) is 72.9 cm³/mol. The first-order valence-corrected chi connectivity index (χ1v) is 6.99. The first-order valence-electron chi connectivity index (χ1n) is 6.99. The molecule has 2 unspecified atom stereocenters. The van der Waals surface area contributed by atoms with Crippen molar-refractivity contribution in [2.75, 3.05) is 19.6 Å². The molecule has 1 heterocycles. The fourth-order valence-electron chi connectivity index (χ4n) is 2.54. The van der Waals surface area contributed by atoms with Gasteiger partial charge in [0.25, 0.3) is 0 Å². The van der Waals surface area contributed by atoms with Gasteiger partial charge in [0.2, 0.25) is 0 Å². The molecule has 1 aromatic carbocycles. The minimum Gasteiger partial charge on any atom is -0.311 e. The van der Waals surface area contributed by atoms with Crippen LogP contribution >= 0.6 is 0 Å². The minimum absolute atomic E-state index is 0.446. The summed E-state index contributed by atoms with van der Waals surface area (Å²) >= 11 is 0. The van der Waals surface area contributed by atoms with Gasteiger partial charge in [0.05, 0.1) is 0 Å². The van der Waals surface area contributed by atoms with Crippen LogP contribution in [0.5, 0.6) is 0 Å². The summed E-state index contributed by atoms with van der Waals surface area (Å²) in [7, 11) is 0. The van der Waals surface area contributed by atoms with Crippen LogP contribution in [0.15, 0.2) is 18.2 Å². The second-order valence-corrected chi connectivity index (χ2v) is 5.42. The minimum atomic E-state index is -0.515. The lowest BCUT2D eigenvalue weighted by Gasteiger charge is -2.36. The van der Waals surface area contributed by atoms with Gasteiger partial charge in [-0.05, 0) is 12.0 Å². The van der Waals surface area contributed by atoms with Crippen LogP contribution in [0.2, 0.25) is 0 Å². The van der Waals surface area contributed by atoms with Gasteiger partial charge in [-0.3, -0.25) is 4.90 Å². The van der Waals surface area contributed by atoms with E-state index in [0.717, 1.165) is 32.1 Å². The van der Waals surface area contributed by atoms with Gasteiger partial charge in [-0.1, -0.05) is 26.3 Å². The Morgan fingerprint density at radius 1 is 1.42 bits per heavy atom.